The number of anilines is 1. The first-order chi connectivity index (χ1) is 11.8. The number of benzene rings is 2. The largest absolute Gasteiger partial charge is 0.280 e. The van der Waals surface area contributed by atoms with Crippen LogP contribution in [0.1, 0.15) is 5.56 Å². The Morgan fingerprint density at radius 1 is 0.920 bits per heavy atom. The molecule has 3 aromatic rings. The molecule has 0 atom stereocenters. The molecule has 0 aliphatic carbocycles. The highest BCUT2D eigenvalue weighted by Crippen LogP contribution is 2.21. The highest BCUT2D eigenvalue weighted by molar-refractivity contribution is 7.92. The predicted molar refractivity (Wildman–Crippen MR) is 96.9 cm³/mol. The number of rotatable bonds is 4. The third kappa shape index (κ3) is 3.77. The summed E-state index contributed by atoms with van der Waals surface area (Å²) >= 11 is 0. The maximum atomic E-state index is 12.4. The van der Waals surface area contributed by atoms with Crippen molar-refractivity contribution in [1.82, 2.24) is 9.78 Å². The van der Waals surface area contributed by atoms with Crippen LogP contribution in [0.5, 0.6) is 0 Å². The molecule has 0 aliphatic rings. The standard InChI is InChI=1S/C18H17N3O3S/c1-13-3-9-16(10-4-13)25(23,24)20-15-7-5-14(6-8-15)17-11-12-18(22)21(2)19-17/h3-12,20H,1-2H3. The van der Waals surface area contributed by atoms with Crippen LogP contribution in [0, 0.1) is 6.92 Å². The van der Waals surface area contributed by atoms with Crippen molar-refractivity contribution in [3.8, 4) is 11.3 Å². The SMILES string of the molecule is Cc1ccc(S(=O)(=O)Nc2ccc(-c3ccc(=O)n(C)n3)cc2)cc1. The zero-order chi connectivity index (χ0) is 18.0. The summed E-state index contributed by atoms with van der Waals surface area (Å²) in [6, 6.07) is 16.5. The van der Waals surface area contributed by atoms with Crippen LogP contribution in [0.15, 0.2) is 70.4 Å². The van der Waals surface area contributed by atoms with E-state index < -0.39 is 10.0 Å². The lowest BCUT2D eigenvalue weighted by molar-refractivity contribution is 0.601. The quantitative estimate of drug-likeness (QED) is 0.780. The Bertz CT molecular complexity index is 1050. The molecule has 3 rings (SSSR count). The number of hydrogen-bond donors (Lipinski definition) is 1. The number of nitrogens with one attached hydrogen (secondary N) is 1. The minimum Gasteiger partial charge on any atom is -0.280 e. The fourth-order valence-corrected chi connectivity index (χ4v) is 3.36. The molecule has 0 saturated heterocycles. The van der Waals surface area contributed by atoms with Crippen molar-refractivity contribution in [3.05, 3.63) is 76.6 Å². The van der Waals surface area contributed by atoms with E-state index in [-0.39, 0.29) is 10.5 Å². The molecule has 0 amide bonds. The third-order valence-electron chi connectivity index (χ3n) is 3.72. The van der Waals surface area contributed by atoms with Gasteiger partial charge in [0.15, 0.2) is 0 Å². The summed E-state index contributed by atoms with van der Waals surface area (Å²) in [5.41, 5.74) is 2.68. The Morgan fingerprint density at radius 3 is 2.16 bits per heavy atom. The molecule has 0 aliphatic heterocycles. The molecule has 7 heteroatoms. The van der Waals surface area contributed by atoms with Crippen LogP contribution in [-0.2, 0) is 17.1 Å². The van der Waals surface area contributed by atoms with E-state index in [1.165, 1.54) is 10.7 Å². The van der Waals surface area contributed by atoms with E-state index in [9.17, 15) is 13.2 Å². The second kappa shape index (κ2) is 6.52. The number of sulfonamides is 1. The van der Waals surface area contributed by atoms with E-state index in [1.807, 2.05) is 6.92 Å². The van der Waals surface area contributed by atoms with Gasteiger partial charge in [0.05, 0.1) is 10.6 Å². The molecule has 0 bridgehead atoms. The summed E-state index contributed by atoms with van der Waals surface area (Å²) in [5.74, 6) is 0. The van der Waals surface area contributed by atoms with Gasteiger partial charge in [-0.3, -0.25) is 9.52 Å². The van der Waals surface area contributed by atoms with Crippen LogP contribution in [0.3, 0.4) is 0 Å². The van der Waals surface area contributed by atoms with Crippen LogP contribution in [0.2, 0.25) is 0 Å². The summed E-state index contributed by atoms with van der Waals surface area (Å²) in [4.78, 5) is 11.6. The minimum atomic E-state index is -3.63. The molecule has 0 fully saturated rings. The number of nitrogens with zero attached hydrogens (tertiary/aromatic N) is 2. The third-order valence-corrected chi connectivity index (χ3v) is 5.12. The van der Waals surface area contributed by atoms with Gasteiger partial charge < -0.3 is 0 Å². The molecule has 128 valence electrons. The van der Waals surface area contributed by atoms with Gasteiger partial charge in [-0.1, -0.05) is 29.8 Å². The zero-order valence-electron chi connectivity index (χ0n) is 13.8. The van der Waals surface area contributed by atoms with Gasteiger partial charge in [0.2, 0.25) is 0 Å². The Hall–Kier alpha value is -2.93. The number of aryl methyl sites for hydroxylation is 2. The van der Waals surface area contributed by atoms with Gasteiger partial charge in [-0.05, 0) is 37.3 Å². The van der Waals surface area contributed by atoms with E-state index >= 15 is 0 Å². The highest BCUT2D eigenvalue weighted by atomic mass is 32.2. The van der Waals surface area contributed by atoms with Crippen LogP contribution in [-0.4, -0.2) is 18.2 Å². The first-order valence-corrected chi connectivity index (χ1v) is 9.08. The molecule has 0 spiro atoms. The summed E-state index contributed by atoms with van der Waals surface area (Å²) in [6.45, 7) is 1.90. The van der Waals surface area contributed by atoms with Crippen LogP contribution in [0.25, 0.3) is 11.3 Å². The normalized spacial score (nSPS) is 11.3. The van der Waals surface area contributed by atoms with E-state index in [0.717, 1.165) is 11.1 Å². The second-order valence-corrected chi connectivity index (χ2v) is 7.36. The van der Waals surface area contributed by atoms with Gasteiger partial charge in [0.1, 0.15) is 0 Å². The van der Waals surface area contributed by atoms with Gasteiger partial charge >= 0.3 is 0 Å². The lowest BCUT2D eigenvalue weighted by Crippen LogP contribution is -2.18. The molecule has 2 aromatic carbocycles. The van der Waals surface area contributed by atoms with Crippen LogP contribution in [0.4, 0.5) is 5.69 Å². The lowest BCUT2D eigenvalue weighted by Gasteiger charge is -2.09. The molecular weight excluding hydrogens is 338 g/mol. The first-order valence-electron chi connectivity index (χ1n) is 7.59. The smallest absolute Gasteiger partial charge is 0.266 e. The van der Waals surface area contributed by atoms with Crippen LogP contribution >= 0.6 is 0 Å². The van der Waals surface area contributed by atoms with Gasteiger partial charge in [0, 0.05) is 24.4 Å². The highest BCUT2D eigenvalue weighted by Gasteiger charge is 2.13. The summed E-state index contributed by atoms with van der Waals surface area (Å²) < 4.78 is 28.6. The fraction of sp³-hybridized carbons (Fsp3) is 0.111. The van der Waals surface area contributed by atoms with Gasteiger partial charge in [-0.2, -0.15) is 5.10 Å². The maximum Gasteiger partial charge on any atom is 0.266 e. The number of aromatic nitrogens is 2. The first kappa shape index (κ1) is 16.9. The van der Waals surface area contributed by atoms with E-state index in [0.29, 0.717) is 11.4 Å². The Balaban J connectivity index is 1.84. The summed E-state index contributed by atoms with van der Waals surface area (Å²) in [6.07, 6.45) is 0. The Labute approximate surface area is 145 Å². The zero-order valence-corrected chi connectivity index (χ0v) is 14.6. The fourth-order valence-electron chi connectivity index (χ4n) is 2.30. The second-order valence-electron chi connectivity index (χ2n) is 5.68. The van der Waals surface area contributed by atoms with Gasteiger partial charge in [-0.15, -0.1) is 0 Å². The Morgan fingerprint density at radius 2 is 1.56 bits per heavy atom. The molecule has 0 saturated carbocycles. The van der Waals surface area contributed by atoms with Crippen molar-refractivity contribution in [1.29, 1.82) is 0 Å². The molecule has 1 heterocycles. The predicted octanol–water partition coefficient (Wildman–Crippen LogP) is 2.56. The van der Waals surface area contributed by atoms with Crippen molar-refractivity contribution in [2.75, 3.05) is 4.72 Å². The molecular formula is C18H17N3O3S. The van der Waals surface area contributed by atoms with Crippen molar-refractivity contribution in [3.63, 3.8) is 0 Å². The summed E-state index contributed by atoms with van der Waals surface area (Å²) in [7, 11) is -2.05. The summed E-state index contributed by atoms with van der Waals surface area (Å²) in [5, 5.41) is 4.17. The van der Waals surface area contributed by atoms with E-state index in [1.54, 1.807) is 61.6 Å². The van der Waals surface area contributed by atoms with Crippen LogP contribution < -0.4 is 10.3 Å². The lowest BCUT2D eigenvalue weighted by atomic mass is 10.1. The van der Waals surface area contributed by atoms with Crippen molar-refractivity contribution < 1.29 is 8.42 Å². The molecule has 6 nitrogen and oxygen atoms in total. The van der Waals surface area contributed by atoms with E-state index in [4.69, 9.17) is 0 Å². The molecule has 0 radical (unpaired) electrons. The maximum absolute atomic E-state index is 12.4. The number of hydrogen-bond acceptors (Lipinski definition) is 4. The van der Waals surface area contributed by atoms with Crippen molar-refractivity contribution in [2.45, 2.75) is 11.8 Å². The van der Waals surface area contributed by atoms with Gasteiger partial charge in [0.25, 0.3) is 15.6 Å². The molecule has 0 unspecified atom stereocenters. The molecule has 25 heavy (non-hydrogen) atoms. The average Bonchev–Trinajstić information content (AvgIpc) is 2.58. The Kier molecular flexibility index (Phi) is 4.41. The minimum absolute atomic E-state index is 0.189. The molecule has 1 N–H and O–H groups in total. The molecule has 1 aromatic heterocycles. The monoisotopic (exact) mass is 355 g/mol. The van der Waals surface area contributed by atoms with E-state index in [2.05, 4.69) is 9.82 Å². The van der Waals surface area contributed by atoms with Crippen molar-refractivity contribution >= 4 is 15.7 Å². The topological polar surface area (TPSA) is 81.1 Å². The average molecular weight is 355 g/mol. The van der Waals surface area contributed by atoms with Gasteiger partial charge in [-0.25, -0.2) is 13.1 Å². The van der Waals surface area contributed by atoms with Crippen molar-refractivity contribution in [2.24, 2.45) is 7.05 Å².